The van der Waals surface area contributed by atoms with Gasteiger partial charge in [-0.3, -0.25) is 4.79 Å². The molecule has 0 atom stereocenters. The Kier molecular flexibility index (Phi) is 7.52. The third-order valence-electron chi connectivity index (χ3n) is 2.71. The third-order valence-corrected chi connectivity index (χ3v) is 3.10. The van der Waals surface area contributed by atoms with Gasteiger partial charge in [0.05, 0.1) is 20.1 Å². The predicted molar refractivity (Wildman–Crippen MR) is 88.3 cm³/mol. The molecule has 0 fully saturated rings. The molecule has 1 aromatic carbocycles. The van der Waals surface area contributed by atoms with Crippen LogP contribution in [-0.4, -0.2) is 39.7 Å². The van der Waals surface area contributed by atoms with Gasteiger partial charge in [-0.05, 0) is 44.0 Å². The van der Waals surface area contributed by atoms with Crippen molar-refractivity contribution in [2.75, 3.05) is 13.7 Å². The summed E-state index contributed by atoms with van der Waals surface area (Å²) in [6, 6.07) is 3.92. The average molecular weight is 392 g/mol. The van der Waals surface area contributed by atoms with Gasteiger partial charge < -0.3 is 18.4 Å². The van der Waals surface area contributed by atoms with Crippen LogP contribution in [0.4, 0.5) is 3.89 Å². The van der Waals surface area contributed by atoms with Crippen LogP contribution >= 0.6 is 0 Å². The number of carbonyl (C=O) groups is 2. The molecule has 8 nitrogen and oxygen atoms in total. The summed E-state index contributed by atoms with van der Waals surface area (Å²) in [6.07, 6.45) is -0.181. The van der Waals surface area contributed by atoms with Crippen molar-refractivity contribution in [3.63, 3.8) is 0 Å². The highest BCUT2D eigenvalue weighted by Gasteiger charge is 2.17. The average Bonchev–Trinajstić information content (AvgIpc) is 2.43. The lowest BCUT2D eigenvalue weighted by atomic mass is 10.1. The first-order valence-electron chi connectivity index (χ1n) is 7.51. The van der Waals surface area contributed by atoms with Crippen LogP contribution in [0.3, 0.4) is 0 Å². The Morgan fingerprint density at radius 1 is 1.08 bits per heavy atom. The fourth-order valence-corrected chi connectivity index (χ4v) is 2.27. The molecule has 0 N–H and O–H groups in total. The number of hydrogen-bond acceptors (Lipinski definition) is 8. The summed E-state index contributed by atoms with van der Waals surface area (Å²) in [5.74, 6) is -1.48. The van der Waals surface area contributed by atoms with E-state index in [1.165, 1.54) is 25.3 Å². The summed E-state index contributed by atoms with van der Waals surface area (Å²) in [6.45, 7) is 4.68. The topological polar surface area (TPSA) is 105 Å². The van der Waals surface area contributed by atoms with Crippen LogP contribution in [0.2, 0.25) is 0 Å². The molecule has 0 heterocycles. The second-order valence-electron chi connectivity index (χ2n) is 6.29. The Bertz CT molecular complexity index is 752. The number of esters is 2. The second kappa shape index (κ2) is 8.95. The number of benzene rings is 1. The summed E-state index contributed by atoms with van der Waals surface area (Å²) in [4.78, 5) is 23.0. The van der Waals surface area contributed by atoms with Crippen LogP contribution in [0, 0.1) is 0 Å². The number of rotatable bonds is 8. The Morgan fingerprint density at radius 3 is 2.23 bits per heavy atom. The molecule has 0 radical (unpaired) electrons. The fraction of sp³-hybridized carbons (Fsp3) is 0.500. The van der Waals surface area contributed by atoms with Crippen LogP contribution in [0.5, 0.6) is 5.75 Å². The van der Waals surface area contributed by atoms with Crippen LogP contribution in [0.15, 0.2) is 18.2 Å². The van der Waals surface area contributed by atoms with Gasteiger partial charge in [0.15, 0.2) is 0 Å². The molecule has 1 rings (SSSR count). The molecule has 0 bridgehead atoms. The van der Waals surface area contributed by atoms with Gasteiger partial charge in [0.25, 0.3) is 0 Å². The molecular formula is C16H21FO8S. The lowest BCUT2D eigenvalue weighted by Crippen LogP contribution is -2.26. The minimum atomic E-state index is -5.23. The minimum Gasteiger partial charge on any atom is -0.469 e. The summed E-state index contributed by atoms with van der Waals surface area (Å²) >= 11 is 0. The molecule has 10 heteroatoms. The summed E-state index contributed by atoms with van der Waals surface area (Å²) in [7, 11) is -4.04. The zero-order chi connectivity index (χ0) is 20.0. The maximum atomic E-state index is 12.7. The Morgan fingerprint density at radius 2 is 1.69 bits per heavy atom. The molecule has 0 amide bonds. The Labute approximate surface area is 151 Å². The maximum Gasteiger partial charge on any atom is 0.488 e. The molecule has 0 aliphatic rings. The van der Waals surface area contributed by atoms with Gasteiger partial charge in [0, 0.05) is 0 Å². The van der Waals surface area contributed by atoms with Gasteiger partial charge in [0.1, 0.15) is 18.0 Å². The van der Waals surface area contributed by atoms with Gasteiger partial charge in [-0.2, -0.15) is 8.42 Å². The molecule has 0 aromatic heterocycles. The van der Waals surface area contributed by atoms with Gasteiger partial charge >= 0.3 is 22.4 Å². The van der Waals surface area contributed by atoms with Crippen molar-refractivity contribution < 1.29 is 40.3 Å². The fourth-order valence-electron chi connectivity index (χ4n) is 1.94. The quantitative estimate of drug-likeness (QED) is 0.488. The predicted octanol–water partition coefficient (Wildman–Crippen LogP) is 1.85. The standard InChI is InChI=1S/C16H21FO8S/c1-16(2,3)24-15(19)10-23-9-12-5-11(8-14(18)22-4)6-13(7-12)25-26(17,20)21/h5-7H,8-10H2,1-4H3. The van der Waals surface area contributed by atoms with E-state index in [-0.39, 0.29) is 25.4 Å². The summed E-state index contributed by atoms with van der Waals surface area (Å²) in [5.41, 5.74) is 0.0414. The number of ether oxygens (including phenoxy) is 3. The highest BCUT2D eigenvalue weighted by atomic mass is 32.3. The number of hydrogen-bond donors (Lipinski definition) is 0. The van der Waals surface area contributed by atoms with Crippen molar-refractivity contribution in [1.29, 1.82) is 0 Å². The van der Waals surface area contributed by atoms with Gasteiger partial charge in [-0.25, -0.2) is 4.79 Å². The van der Waals surface area contributed by atoms with Crippen LogP contribution in [0.25, 0.3) is 0 Å². The molecule has 146 valence electrons. The maximum absolute atomic E-state index is 12.7. The smallest absolute Gasteiger partial charge is 0.469 e. The van der Waals surface area contributed by atoms with E-state index in [9.17, 15) is 21.9 Å². The highest BCUT2D eigenvalue weighted by molar-refractivity contribution is 7.81. The second-order valence-corrected chi connectivity index (χ2v) is 7.25. The molecule has 0 saturated heterocycles. The van der Waals surface area contributed by atoms with Crippen LogP contribution in [0.1, 0.15) is 31.9 Å². The summed E-state index contributed by atoms with van der Waals surface area (Å²) in [5, 5.41) is 0. The molecule has 0 aliphatic carbocycles. The molecule has 0 saturated carbocycles. The van der Waals surface area contributed by atoms with Crippen molar-refractivity contribution in [2.24, 2.45) is 0 Å². The lowest BCUT2D eigenvalue weighted by Gasteiger charge is -2.19. The molecule has 0 aliphatic heterocycles. The number of halogens is 1. The van der Waals surface area contributed by atoms with Crippen molar-refractivity contribution in [1.82, 2.24) is 0 Å². The van der Waals surface area contributed by atoms with Gasteiger partial charge in [-0.15, -0.1) is 0 Å². The van der Waals surface area contributed by atoms with Crippen molar-refractivity contribution in [3.05, 3.63) is 29.3 Å². The molecule has 26 heavy (non-hydrogen) atoms. The van der Waals surface area contributed by atoms with Crippen molar-refractivity contribution in [3.8, 4) is 5.75 Å². The monoisotopic (exact) mass is 392 g/mol. The van der Waals surface area contributed by atoms with Crippen LogP contribution < -0.4 is 4.18 Å². The van der Waals surface area contributed by atoms with Crippen molar-refractivity contribution in [2.45, 2.75) is 39.4 Å². The zero-order valence-electron chi connectivity index (χ0n) is 14.9. The van der Waals surface area contributed by atoms with Gasteiger partial charge in [-0.1, -0.05) is 9.95 Å². The van der Waals surface area contributed by atoms with E-state index in [1.807, 2.05) is 0 Å². The van der Waals surface area contributed by atoms with E-state index >= 15 is 0 Å². The highest BCUT2D eigenvalue weighted by Crippen LogP contribution is 2.21. The minimum absolute atomic E-state index is 0.114. The lowest BCUT2D eigenvalue weighted by molar-refractivity contribution is -0.160. The first-order chi connectivity index (χ1) is 11.9. The zero-order valence-corrected chi connectivity index (χ0v) is 15.7. The molecule has 0 unspecified atom stereocenters. The van der Waals surface area contributed by atoms with Crippen LogP contribution in [-0.2, 0) is 47.3 Å². The third kappa shape index (κ3) is 9.33. The van der Waals surface area contributed by atoms with Gasteiger partial charge in [0.2, 0.25) is 0 Å². The van der Waals surface area contributed by atoms with E-state index in [0.29, 0.717) is 11.1 Å². The number of methoxy groups -OCH3 is 1. The van der Waals surface area contributed by atoms with E-state index < -0.39 is 28.0 Å². The van der Waals surface area contributed by atoms with E-state index in [0.717, 1.165) is 0 Å². The Balaban J connectivity index is 2.84. The number of carbonyl (C=O) groups excluding carboxylic acids is 2. The molecular weight excluding hydrogens is 371 g/mol. The van der Waals surface area contributed by atoms with E-state index in [4.69, 9.17) is 9.47 Å². The largest absolute Gasteiger partial charge is 0.488 e. The van der Waals surface area contributed by atoms with E-state index in [1.54, 1.807) is 20.8 Å². The molecule has 0 spiro atoms. The first-order valence-corrected chi connectivity index (χ1v) is 8.82. The normalized spacial score (nSPS) is 11.7. The molecule has 1 aromatic rings. The van der Waals surface area contributed by atoms with E-state index in [2.05, 4.69) is 8.92 Å². The summed E-state index contributed by atoms with van der Waals surface area (Å²) < 4.78 is 53.1. The van der Waals surface area contributed by atoms with Crippen molar-refractivity contribution >= 4 is 22.4 Å². The first kappa shape index (κ1) is 21.8. The SMILES string of the molecule is COC(=O)Cc1cc(COCC(=O)OC(C)(C)C)cc(OS(=O)(=O)F)c1. The Hall–Kier alpha value is -2.20.